The van der Waals surface area contributed by atoms with Crippen molar-refractivity contribution in [3.63, 3.8) is 0 Å². The number of hydrogen-bond acceptors (Lipinski definition) is 4. The largest absolute Gasteiger partial charge is 0.371 e. The molecule has 1 aromatic heterocycles. The van der Waals surface area contributed by atoms with Gasteiger partial charge in [0.05, 0.1) is 5.52 Å². The van der Waals surface area contributed by atoms with Crippen molar-refractivity contribution in [2.24, 2.45) is 5.92 Å². The molecule has 0 aliphatic carbocycles. The summed E-state index contributed by atoms with van der Waals surface area (Å²) in [5, 5.41) is 1.08. The maximum absolute atomic E-state index is 12.8. The van der Waals surface area contributed by atoms with Crippen LogP contribution < -0.4 is 10.4 Å². The Balaban J connectivity index is 1.49. The molecular formula is C22H21BN2OS. The highest BCUT2D eigenvalue weighted by atomic mass is 32.2. The molecule has 0 N–H and O–H groups in total. The van der Waals surface area contributed by atoms with Gasteiger partial charge >= 0.3 is 0 Å². The van der Waals surface area contributed by atoms with Crippen LogP contribution in [0.3, 0.4) is 0 Å². The molecule has 3 aromatic rings. The van der Waals surface area contributed by atoms with Crippen molar-refractivity contribution in [1.82, 2.24) is 4.98 Å². The van der Waals surface area contributed by atoms with Gasteiger partial charge < -0.3 is 4.90 Å². The predicted molar refractivity (Wildman–Crippen MR) is 115 cm³/mol. The number of aromatic nitrogens is 1. The average Bonchev–Trinajstić information content (AvgIpc) is 2.73. The summed E-state index contributed by atoms with van der Waals surface area (Å²) in [5.74, 6) is 0.366. The number of rotatable bonds is 4. The van der Waals surface area contributed by atoms with Crippen LogP contribution in [0.15, 0.2) is 59.6 Å². The van der Waals surface area contributed by atoms with Gasteiger partial charge in [0.25, 0.3) is 0 Å². The van der Waals surface area contributed by atoms with Crippen molar-refractivity contribution in [1.29, 1.82) is 0 Å². The number of thioether (sulfide) groups is 1. The lowest BCUT2D eigenvalue weighted by molar-refractivity contribution is 0.0900. The SMILES string of the molecule is [B]c1ccc2nccc(N3CCC(C(=O)c4ccc(SC)cc4)CC3)c2c1. The van der Waals surface area contributed by atoms with Gasteiger partial charge in [-0.3, -0.25) is 9.78 Å². The molecule has 1 saturated heterocycles. The van der Waals surface area contributed by atoms with Gasteiger partial charge in [-0.1, -0.05) is 29.7 Å². The normalized spacial score (nSPS) is 15.2. The van der Waals surface area contributed by atoms with Gasteiger partial charge in [0.1, 0.15) is 7.85 Å². The number of Topliss-reactive ketones (excluding diaryl/α,β-unsaturated/α-hetero) is 1. The van der Waals surface area contributed by atoms with E-state index in [2.05, 4.69) is 9.88 Å². The average molecular weight is 372 g/mol. The molecular weight excluding hydrogens is 351 g/mol. The molecule has 0 unspecified atom stereocenters. The highest BCUT2D eigenvalue weighted by Crippen LogP contribution is 2.30. The number of fused-ring (bicyclic) bond motifs is 1. The quantitative estimate of drug-likeness (QED) is 0.396. The molecule has 0 atom stereocenters. The van der Waals surface area contributed by atoms with Crippen LogP contribution in [0.25, 0.3) is 10.9 Å². The zero-order valence-electron chi connectivity index (χ0n) is 15.4. The van der Waals surface area contributed by atoms with E-state index >= 15 is 0 Å². The van der Waals surface area contributed by atoms with E-state index in [4.69, 9.17) is 7.85 Å². The van der Waals surface area contributed by atoms with Crippen molar-refractivity contribution in [2.75, 3.05) is 24.2 Å². The van der Waals surface area contributed by atoms with Crippen molar-refractivity contribution < 1.29 is 4.79 Å². The van der Waals surface area contributed by atoms with Crippen molar-refractivity contribution in [3.8, 4) is 0 Å². The summed E-state index contributed by atoms with van der Waals surface area (Å²) in [6.45, 7) is 1.74. The molecule has 0 saturated carbocycles. The molecule has 134 valence electrons. The standard InChI is InChI=1S/C22H21BN2OS/c1-27-18-5-2-15(3-6-18)22(26)16-9-12-25(13-10-16)21-8-11-24-20-7-4-17(23)14-19(20)21/h2-8,11,14,16H,9-10,12-13H2,1H3. The summed E-state index contributed by atoms with van der Waals surface area (Å²) in [6, 6.07) is 15.8. The van der Waals surface area contributed by atoms with Crippen LogP contribution in [0.5, 0.6) is 0 Å². The first-order valence-electron chi connectivity index (χ1n) is 9.23. The summed E-state index contributed by atoms with van der Waals surface area (Å²) in [7, 11) is 5.98. The minimum atomic E-state index is 0.0968. The first-order chi connectivity index (χ1) is 13.2. The fourth-order valence-electron chi connectivity index (χ4n) is 3.80. The lowest BCUT2D eigenvalue weighted by Crippen LogP contribution is -2.36. The summed E-state index contributed by atoms with van der Waals surface area (Å²) >= 11 is 1.69. The monoisotopic (exact) mass is 372 g/mol. The van der Waals surface area contributed by atoms with Crippen molar-refractivity contribution in [2.45, 2.75) is 17.7 Å². The molecule has 4 rings (SSSR count). The van der Waals surface area contributed by atoms with Crippen LogP contribution >= 0.6 is 11.8 Å². The molecule has 0 bridgehead atoms. The molecule has 1 fully saturated rings. The Morgan fingerprint density at radius 2 is 1.85 bits per heavy atom. The van der Waals surface area contributed by atoms with Crippen molar-refractivity contribution in [3.05, 3.63) is 60.3 Å². The summed E-state index contributed by atoms with van der Waals surface area (Å²) < 4.78 is 0. The van der Waals surface area contributed by atoms with E-state index in [9.17, 15) is 4.79 Å². The lowest BCUT2D eigenvalue weighted by atomic mass is 9.88. The first-order valence-corrected chi connectivity index (χ1v) is 10.5. The number of hydrogen-bond donors (Lipinski definition) is 0. The fourth-order valence-corrected chi connectivity index (χ4v) is 4.21. The second kappa shape index (κ2) is 7.77. The molecule has 2 aromatic carbocycles. The highest BCUT2D eigenvalue weighted by Gasteiger charge is 2.26. The van der Waals surface area contributed by atoms with E-state index in [1.54, 1.807) is 11.8 Å². The van der Waals surface area contributed by atoms with Crippen molar-refractivity contribution >= 4 is 47.4 Å². The maximum atomic E-state index is 12.8. The van der Waals surface area contributed by atoms with Crippen LogP contribution in [0, 0.1) is 5.92 Å². The summed E-state index contributed by atoms with van der Waals surface area (Å²) in [4.78, 5) is 20.8. The molecule has 2 heterocycles. The van der Waals surface area contributed by atoms with Gasteiger partial charge in [0.2, 0.25) is 0 Å². The molecule has 2 radical (unpaired) electrons. The number of nitrogens with zero attached hydrogens (tertiary/aromatic N) is 2. The molecule has 3 nitrogen and oxygen atoms in total. The van der Waals surface area contributed by atoms with Gasteiger partial charge in [-0.2, -0.15) is 0 Å². The van der Waals surface area contributed by atoms with E-state index in [-0.39, 0.29) is 11.7 Å². The Kier molecular flexibility index (Phi) is 5.21. The molecule has 1 aliphatic rings. The Bertz CT molecular complexity index is 966. The third-order valence-corrected chi connectivity index (χ3v) is 6.07. The molecule has 27 heavy (non-hydrogen) atoms. The topological polar surface area (TPSA) is 33.2 Å². The molecule has 0 spiro atoms. The first kappa shape index (κ1) is 18.1. The van der Waals surface area contributed by atoms with Crippen LogP contribution in [0.4, 0.5) is 5.69 Å². The number of carbonyl (C=O) groups is 1. The molecule has 1 aliphatic heterocycles. The highest BCUT2D eigenvalue weighted by molar-refractivity contribution is 7.98. The zero-order valence-corrected chi connectivity index (χ0v) is 16.2. The number of ketones is 1. The van der Waals surface area contributed by atoms with Gasteiger partial charge in [-0.15, -0.1) is 11.8 Å². The van der Waals surface area contributed by atoms with Crippen LogP contribution in [0.2, 0.25) is 0 Å². The number of pyridine rings is 1. The summed E-state index contributed by atoms with van der Waals surface area (Å²) in [5.41, 5.74) is 3.68. The smallest absolute Gasteiger partial charge is 0.166 e. The number of benzene rings is 2. The third kappa shape index (κ3) is 3.74. The Hall–Kier alpha value is -2.27. The van der Waals surface area contributed by atoms with E-state index in [0.29, 0.717) is 0 Å². The van der Waals surface area contributed by atoms with Gasteiger partial charge in [-0.25, -0.2) is 0 Å². The van der Waals surface area contributed by atoms with E-state index < -0.39 is 0 Å². The second-order valence-corrected chi connectivity index (χ2v) is 7.84. The molecule has 0 amide bonds. The van der Waals surface area contributed by atoms with Gasteiger partial charge in [0.15, 0.2) is 5.78 Å². The Morgan fingerprint density at radius 3 is 2.56 bits per heavy atom. The third-order valence-electron chi connectivity index (χ3n) is 5.32. The van der Waals surface area contributed by atoms with Gasteiger partial charge in [-0.05, 0) is 43.4 Å². The van der Waals surface area contributed by atoms with E-state index in [1.165, 1.54) is 4.90 Å². The van der Waals surface area contributed by atoms with Crippen LogP contribution in [-0.2, 0) is 0 Å². The lowest BCUT2D eigenvalue weighted by Gasteiger charge is -2.33. The predicted octanol–water partition coefficient (Wildman–Crippen LogP) is 3.85. The minimum absolute atomic E-state index is 0.0968. The number of piperidine rings is 1. The zero-order chi connectivity index (χ0) is 18.8. The molecule has 5 heteroatoms. The van der Waals surface area contributed by atoms with Gasteiger partial charge in [0, 0.05) is 46.7 Å². The van der Waals surface area contributed by atoms with E-state index in [0.717, 1.165) is 53.5 Å². The number of anilines is 1. The number of carbonyl (C=O) groups excluding carboxylic acids is 1. The Morgan fingerprint density at radius 1 is 1.11 bits per heavy atom. The minimum Gasteiger partial charge on any atom is -0.371 e. The maximum Gasteiger partial charge on any atom is 0.166 e. The van der Waals surface area contributed by atoms with Crippen LogP contribution in [-0.4, -0.2) is 38.0 Å². The fraction of sp³-hybridized carbons (Fsp3) is 0.273. The Labute approximate surface area is 165 Å². The second-order valence-electron chi connectivity index (χ2n) is 6.96. The van der Waals surface area contributed by atoms with Crippen LogP contribution in [0.1, 0.15) is 23.2 Å². The summed E-state index contributed by atoms with van der Waals surface area (Å²) in [6.07, 6.45) is 5.63. The van der Waals surface area contributed by atoms with E-state index in [1.807, 2.05) is 61.0 Å².